The number of aromatic nitrogens is 1. The third-order valence-corrected chi connectivity index (χ3v) is 8.38. The number of esters is 2. The fourth-order valence-electron chi connectivity index (χ4n) is 5.17. The molecule has 0 unspecified atom stereocenters. The van der Waals surface area contributed by atoms with Gasteiger partial charge < -0.3 is 23.7 Å². The number of nitrogens with zero attached hydrogens (tertiary/aromatic N) is 3. The molecule has 11 nitrogen and oxygen atoms in total. The van der Waals surface area contributed by atoms with E-state index in [2.05, 4.69) is 15.8 Å². The molecule has 3 aromatic carbocycles. The molecular weight excluding hydrogens is 634 g/mol. The number of para-hydroxylation sites is 1. The zero-order valence-corrected chi connectivity index (χ0v) is 27.7. The van der Waals surface area contributed by atoms with E-state index < -0.39 is 18.0 Å². The summed E-state index contributed by atoms with van der Waals surface area (Å²) in [5.41, 5.74) is 2.72. The second-order valence-corrected chi connectivity index (χ2v) is 11.4. The Morgan fingerprint density at radius 2 is 1.75 bits per heavy atom. The van der Waals surface area contributed by atoms with Crippen molar-refractivity contribution in [1.82, 2.24) is 4.57 Å². The number of hydrogen-bond donors (Lipinski definition) is 0. The average Bonchev–Trinajstić information content (AvgIpc) is 3.40. The Morgan fingerprint density at radius 3 is 2.50 bits per heavy atom. The summed E-state index contributed by atoms with van der Waals surface area (Å²) in [7, 11) is 1.27. The van der Waals surface area contributed by atoms with Crippen molar-refractivity contribution in [2.45, 2.75) is 33.4 Å². The predicted octanol–water partition coefficient (Wildman–Crippen LogP) is 4.20. The number of hydrogen-bond acceptors (Lipinski definition) is 11. The second-order valence-electron chi connectivity index (χ2n) is 10.4. The summed E-state index contributed by atoms with van der Waals surface area (Å²) in [6.07, 6.45) is 1.73. The fourth-order valence-corrected chi connectivity index (χ4v) is 6.21. The number of allylic oxidation sites excluding steroid dienone is 1. The van der Waals surface area contributed by atoms with Gasteiger partial charge in [-0.15, -0.1) is 0 Å². The molecule has 0 radical (unpaired) electrons. The van der Waals surface area contributed by atoms with Crippen LogP contribution in [0.3, 0.4) is 0 Å². The van der Waals surface area contributed by atoms with Gasteiger partial charge in [-0.05, 0) is 56.7 Å². The van der Waals surface area contributed by atoms with Crippen LogP contribution in [0.5, 0.6) is 17.2 Å². The highest BCUT2D eigenvalue weighted by Gasteiger charge is 2.34. The molecule has 0 bridgehead atoms. The molecule has 0 amide bonds. The fraction of sp³-hybridized carbons (Fsp3) is 0.250. The van der Waals surface area contributed by atoms with Gasteiger partial charge in [0.05, 0.1) is 53.8 Å². The van der Waals surface area contributed by atoms with E-state index in [1.54, 1.807) is 63.2 Å². The molecule has 0 aliphatic carbocycles. The Morgan fingerprint density at radius 1 is 0.979 bits per heavy atom. The number of carbonyl (C=O) groups is 2. The lowest BCUT2D eigenvalue weighted by atomic mass is 9.95. The van der Waals surface area contributed by atoms with Crippen molar-refractivity contribution in [2.24, 2.45) is 4.99 Å². The van der Waals surface area contributed by atoms with Crippen molar-refractivity contribution < 1.29 is 33.3 Å². The number of methoxy groups -OCH3 is 1. The largest absolute Gasteiger partial charge is 0.490 e. The molecule has 48 heavy (non-hydrogen) atoms. The van der Waals surface area contributed by atoms with E-state index >= 15 is 0 Å². The highest BCUT2D eigenvalue weighted by molar-refractivity contribution is 7.07. The maximum Gasteiger partial charge on any atom is 0.343 e. The molecule has 4 aromatic rings. The zero-order valence-electron chi connectivity index (χ0n) is 26.8. The van der Waals surface area contributed by atoms with E-state index in [0.717, 1.165) is 5.56 Å². The third kappa shape index (κ3) is 7.16. The molecule has 0 saturated heterocycles. The van der Waals surface area contributed by atoms with Crippen LogP contribution in [-0.4, -0.2) is 43.4 Å². The van der Waals surface area contributed by atoms with Gasteiger partial charge in [0.15, 0.2) is 22.9 Å². The first kappa shape index (κ1) is 33.7. The van der Waals surface area contributed by atoms with Crippen LogP contribution in [0.15, 0.2) is 87.8 Å². The molecule has 0 spiro atoms. The number of fused-ring (bicyclic) bond motifs is 1. The van der Waals surface area contributed by atoms with Crippen LogP contribution in [0.1, 0.15) is 49.1 Å². The SMILES string of the molecule is CCOC(=O)C1=C(C)N=c2s/c(=C/c3ccccc3OCc3ccccc3C#N)c(=O)n2[C@@H]1c1ccc(OCC(=O)OC)c(OCC)c1. The molecule has 1 aliphatic heterocycles. The average molecular weight is 668 g/mol. The van der Waals surface area contributed by atoms with Gasteiger partial charge in [0.25, 0.3) is 5.56 Å². The normalized spacial score (nSPS) is 14.0. The van der Waals surface area contributed by atoms with E-state index in [4.69, 9.17) is 18.9 Å². The van der Waals surface area contributed by atoms with Crippen molar-refractivity contribution in [3.8, 4) is 23.3 Å². The molecule has 0 N–H and O–H groups in total. The maximum absolute atomic E-state index is 14.2. The first-order valence-electron chi connectivity index (χ1n) is 15.1. The number of carbonyl (C=O) groups excluding carboxylic acids is 2. The monoisotopic (exact) mass is 667 g/mol. The van der Waals surface area contributed by atoms with Crippen LogP contribution in [0.2, 0.25) is 0 Å². The van der Waals surface area contributed by atoms with Gasteiger partial charge in [-0.25, -0.2) is 14.6 Å². The highest BCUT2D eigenvalue weighted by Crippen LogP contribution is 2.36. The van der Waals surface area contributed by atoms with Crippen LogP contribution in [0.25, 0.3) is 6.08 Å². The van der Waals surface area contributed by atoms with Crippen LogP contribution in [0.4, 0.5) is 0 Å². The third-order valence-electron chi connectivity index (χ3n) is 7.40. The van der Waals surface area contributed by atoms with Gasteiger partial charge in [0.2, 0.25) is 0 Å². The first-order valence-corrected chi connectivity index (χ1v) is 16.0. The predicted molar refractivity (Wildman–Crippen MR) is 177 cm³/mol. The first-order chi connectivity index (χ1) is 23.3. The molecule has 0 fully saturated rings. The summed E-state index contributed by atoms with van der Waals surface area (Å²) in [6.45, 7) is 5.48. The molecule has 5 rings (SSSR count). The smallest absolute Gasteiger partial charge is 0.343 e. The van der Waals surface area contributed by atoms with E-state index in [1.165, 1.54) is 23.0 Å². The second kappa shape index (κ2) is 15.3. The van der Waals surface area contributed by atoms with Crippen LogP contribution < -0.4 is 29.1 Å². The number of thiazole rings is 1. The summed E-state index contributed by atoms with van der Waals surface area (Å²) in [5, 5.41) is 9.47. The molecular formula is C36H33N3O8S. The van der Waals surface area contributed by atoms with Crippen molar-refractivity contribution >= 4 is 29.4 Å². The van der Waals surface area contributed by atoms with Crippen LogP contribution in [-0.2, 0) is 25.7 Å². The van der Waals surface area contributed by atoms with Crippen molar-refractivity contribution in [2.75, 3.05) is 26.9 Å². The van der Waals surface area contributed by atoms with Gasteiger partial charge in [-0.3, -0.25) is 9.36 Å². The van der Waals surface area contributed by atoms with Gasteiger partial charge in [0, 0.05) is 11.1 Å². The lowest BCUT2D eigenvalue weighted by molar-refractivity contribution is -0.143. The minimum atomic E-state index is -0.898. The quantitative estimate of drug-likeness (QED) is 0.204. The lowest BCUT2D eigenvalue weighted by Crippen LogP contribution is -2.40. The van der Waals surface area contributed by atoms with Crippen molar-refractivity contribution in [1.29, 1.82) is 5.26 Å². The van der Waals surface area contributed by atoms with Gasteiger partial charge in [-0.2, -0.15) is 5.26 Å². The topological polar surface area (TPSA) is 138 Å². The van der Waals surface area contributed by atoms with Crippen LogP contribution in [0, 0.1) is 11.3 Å². The Kier molecular flexibility index (Phi) is 10.7. The number of benzene rings is 3. The highest BCUT2D eigenvalue weighted by atomic mass is 32.1. The van der Waals surface area contributed by atoms with Gasteiger partial charge in [0.1, 0.15) is 12.4 Å². The lowest BCUT2D eigenvalue weighted by Gasteiger charge is -2.25. The summed E-state index contributed by atoms with van der Waals surface area (Å²) >= 11 is 1.18. The molecule has 0 saturated carbocycles. The summed E-state index contributed by atoms with van der Waals surface area (Å²) in [6, 6.07) is 20.8. The Balaban J connectivity index is 1.60. The standard InChI is InChI=1S/C36H33N3O8S/c1-5-44-29-17-24(15-16-28(29)47-21-31(40)43-4)33-32(35(42)45-6-2)22(3)38-36-39(33)34(41)30(48-36)18-23-11-9-10-14-27(23)46-20-26-13-8-7-12-25(26)19-37/h7-18,33H,5-6,20-21H2,1-4H3/b30-18+/t33-/m1/s1. The number of nitriles is 1. The van der Waals surface area contributed by atoms with Crippen molar-refractivity contribution in [3.05, 3.63) is 120 Å². The summed E-state index contributed by atoms with van der Waals surface area (Å²) < 4.78 is 29.5. The van der Waals surface area contributed by atoms with E-state index in [9.17, 15) is 19.6 Å². The molecule has 1 aliphatic rings. The van der Waals surface area contributed by atoms with E-state index in [-0.39, 0.29) is 31.0 Å². The maximum atomic E-state index is 14.2. The van der Waals surface area contributed by atoms with E-state index in [0.29, 0.717) is 55.6 Å². The molecule has 1 atom stereocenters. The van der Waals surface area contributed by atoms with Gasteiger partial charge in [-0.1, -0.05) is 53.8 Å². The Hall–Kier alpha value is -5.67. The molecule has 2 heterocycles. The molecule has 246 valence electrons. The number of ether oxygens (including phenoxy) is 5. The zero-order chi connectivity index (χ0) is 34.2. The van der Waals surface area contributed by atoms with Crippen molar-refractivity contribution in [3.63, 3.8) is 0 Å². The van der Waals surface area contributed by atoms with E-state index in [1.807, 2.05) is 30.3 Å². The Labute approximate surface area is 280 Å². The molecule has 12 heteroatoms. The Bertz CT molecular complexity index is 2110. The number of rotatable bonds is 12. The summed E-state index contributed by atoms with van der Waals surface area (Å²) in [4.78, 5) is 44.4. The summed E-state index contributed by atoms with van der Waals surface area (Å²) in [5.74, 6) is -0.0113. The van der Waals surface area contributed by atoms with Gasteiger partial charge >= 0.3 is 11.9 Å². The molecule has 1 aromatic heterocycles. The minimum absolute atomic E-state index is 0.132. The van der Waals surface area contributed by atoms with Crippen LogP contribution >= 0.6 is 11.3 Å². The minimum Gasteiger partial charge on any atom is -0.490 e.